The maximum Gasteiger partial charge on any atom is 0.241 e. The van der Waals surface area contributed by atoms with E-state index in [1.54, 1.807) is 0 Å². The van der Waals surface area contributed by atoms with E-state index in [9.17, 15) is 0 Å². The zero-order valence-electron chi connectivity index (χ0n) is 6.02. The summed E-state index contributed by atoms with van der Waals surface area (Å²) >= 11 is 8.22. The Morgan fingerprint density at radius 2 is 2.20 bits per heavy atom. The van der Waals surface area contributed by atoms with Crippen LogP contribution in [0.25, 0.3) is 0 Å². The van der Waals surface area contributed by atoms with Crippen LogP contribution in [0, 0.1) is 0 Å². The first kappa shape index (κ1) is 10.9. The Morgan fingerprint density at radius 3 is 2.50 bits per heavy atom. The molecule has 1 unspecified atom stereocenters. The van der Waals surface area contributed by atoms with Crippen LogP contribution in [-0.2, 0) is 16.3 Å². The van der Waals surface area contributed by atoms with Crippen LogP contribution in [0.15, 0.2) is 0 Å². The molecule has 0 aliphatic heterocycles. The number of likely N-dealkylation sites (N-methyl/N-ethyl adjacent to an activating group) is 1. The first-order valence-corrected chi connectivity index (χ1v) is 6.59. The summed E-state index contributed by atoms with van der Waals surface area (Å²) in [6.07, 6.45) is 0. The largest absolute Gasteiger partial charge is 0.338 e. The Balaban J connectivity index is 3.30. The first-order valence-electron chi connectivity index (χ1n) is 2.76. The monoisotopic (exact) mass is 201 g/mol. The lowest BCUT2D eigenvalue weighted by Gasteiger charge is -2.12. The molecule has 0 aromatic carbocycles. The van der Waals surface area contributed by atoms with Gasteiger partial charge in [0, 0.05) is 6.54 Å². The minimum Gasteiger partial charge on any atom is -0.338 e. The number of rotatable bonds is 4. The molecule has 0 aromatic heterocycles. The average molecular weight is 201 g/mol. The normalized spacial score (nSPS) is 17.3. The van der Waals surface area contributed by atoms with E-state index in [1.165, 1.54) is 0 Å². The molecule has 0 heterocycles. The fourth-order valence-corrected chi connectivity index (χ4v) is 1.13. The number of nitrogens with zero attached hydrogens (tertiary/aromatic N) is 1. The first-order chi connectivity index (χ1) is 4.42. The molecule has 1 atom stereocenters. The maximum atomic E-state index is 8.88. The Kier molecular flexibility index (Phi) is 5.11. The van der Waals surface area contributed by atoms with Gasteiger partial charge in [-0.05, 0) is 25.9 Å². The molecule has 6 heteroatoms. The van der Waals surface area contributed by atoms with Crippen molar-refractivity contribution in [3.05, 3.63) is 0 Å². The summed E-state index contributed by atoms with van der Waals surface area (Å²) in [5, 5.41) is 0. The molecular formula is C4H12NO2PS2. The number of hydrogen-bond acceptors (Lipinski definition) is 3. The molecule has 10 heavy (non-hydrogen) atoms. The van der Waals surface area contributed by atoms with Gasteiger partial charge >= 0.3 is 0 Å². The molecule has 0 fully saturated rings. The summed E-state index contributed by atoms with van der Waals surface area (Å²) in [5.74, 6) is 0. The van der Waals surface area contributed by atoms with Crippen LogP contribution in [0.5, 0.6) is 0 Å². The van der Waals surface area contributed by atoms with Gasteiger partial charge in [-0.2, -0.15) is 0 Å². The molecule has 0 rings (SSSR count). The molecule has 0 saturated carbocycles. The third-order valence-corrected chi connectivity index (χ3v) is 1.98. The lowest BCUT2D eigenvalue weighted by molar-refractivity contribution is 0.265. The molecule has 0 spiro atoms. The predicted octanol–water partition coefficient (Wildman–Crippen LogP) is 0.711. The molecule has 0 bridgehead atoms. The summed E-state index contributed by atoms with van der Waals surface area (Å²) in [6, 6.07) is 0. The van der Waals surface area contributed by atoms with Crippen molar-refractivity contribution in [1.82, 2.24) is 4.90 Å². The van der Waals surface area contributed by atoms with Gasteiger partial charge in [-0.25, -0.2) is 0 Å². The van der Waals surface area contributed by atoms with E-state index in [0.29, 0.717) is 6.61 Å². The van der Waals surface area contributed by atoms with E-state index in [-0.39, 0.29) is 0 Å². The second-order valence-electron chi connectivity index (χ2n) is 2.13. The topological polar surface area (TPSA) is 32.7 Å². The van der Waals surface area contributed by atoms with Gasteiger partial charge in [-0.1, -0.05) is 12.2 Å². The van der Waals surface area contributed by atoms with Gasteiger partial charge in [-0.15, -0.1) is 0 Å². The van der Waals surface area contributed by atoms with Gasteiger partial charge < -0.3 is 14.3 Å². The van der Waals surface area contributed by atoms with E-state index in [0.717, 1.165) is 6.54 Å². The van der Waals surface area contributed by atoms with Crippen molar-refractivity contribution >= 4 is 29.7 Å². The van der Waals surface area contributed by atoms with Gasteiger partial charge in [-0.3, -0.25) is 0 Å². The molecule has 0 amide bonds. The van der Waals surface area contributed by atoms with Crippen LogP contribution < -0.4 is 0 Å². The predicted molar refractivity (Wildman–Crippen MR) is 50.0 cm³/mol. The highest BCUT2D eigenvalue weighted by molar-refractivity contribution is 8.59. The summed E-state index contributed by atoms with van der Waals surface area (Å²) in [6.45, 7) is 1.18. The fourth-order valence-electron chi connectivity index (χ4n) is 0.342. The fraction of sp³-hybridized carbons (Fsp3) is 1.00. The quantitative estimate of drug-likeness (QED) is 0.518. The molecule has 62 valence electrons. The zero-order chi connectivity index (χ0) is 8.20. The highest BCUT2D eigenvalue weighted by atomic mass is 32.9. The van der Waals surface area contributed by atoms with Crippen LogP contribution >= 0.6 is 17.9 Å². The Hall–Kier alpha value is 0.880. The highest BCUT2D eigenvalue weighted by Crippen LogP contribution is 2.46. The summed E-state index contributed by atoms with van der Waals surface area (Å²) in [4.78, 5) is 10.8. The van der Waals surface area contributed by atoms with Crippen LogP contribution in [-0.4, -0.2) is 37.0 Å². The average Bonchev–Trinajstić information content (AvgIpc) is 1.59. The van der Waals surface area contributed by atoms with Crippen molar-refractivity contribution in [3.8, 4) is 0 Å². The third kappa shape index (κ3) is 8.88. The summed E-state index contributed by atoms with van der Waals surface area (Å²) in [7, 11) is 3.84. The lowest BCUT2D eigenvalue weighted by Crippen LogP contribution is -2.16. The second-order valence-corrected chi connectivity index (χ2v) is 7.29. The van der Waals surface area contributed by atoms with Crippen LogP contribution in [0.1, 0.15) is 0 Å². The molecule has 0 aliphatic carbocycles. The molecule has 0 aromatic rings. The SMILES string of the molecule is CN(C)CCOP(O)(=S)S. The Bertz CT molecular complexity index is 135. The Labute approximate surface area is 71.7 Å². The maximum absolute atomic E-state index is 8.88. The molecule has 0 saturated heterocycles. The van der Waals surface area contributed by atoms with Crippen molar-refractivity contribution in [2.75, 3.05) is 27.2 Å². The van der Waals surface area contributed by atoms with E-state index in [2.05, 4.69) is 24.1 Å². The van der Waals surface area contributed by atoms with Crippen molar-refractivity contribution < 1.29 is 9.42 Å². The zero-order valence-corrected chi connectivity index (χ0v) is 8.62. The van der Waals surface area contributed by atoms with Crippen LogP contribution in [0.3, 0.4) is 0 Å². The second kappa shape index (κ2) is 4.70. The molecule has 3 nitrogen and oxygen atoms in total. The van der Waals surface area contributed by atoms with Crippen molar-refractivity contribution in [2.45, 2.75) is 0 Å². The van der Waals surface area contributed by atoms with Gasteiger partial charge in [0.05, 0.1) is 6.61 Å². The van der Waals surface area contributed by atoms with Crippen LogP contribution in [0.4, 0.5) is 0 Å². The van der Waals surface area contributed by atoms with Crippen molar-refractivity contribution in [2.24, 2.45) is 0 Å². The minimum absolute atomic E-state index is 0.435. The van der Waals surface area contributed by atoms with E-state index in [1.807, 2.05) is 19.0 Å². The van der Waals surface area contributed by atoms with E-state index >= 15 is 0 Å². The minimum atomic E-state index is -2.72. The van der Waals surface area contributed by atoms with Crippen molar-refractivity contribution in [3.63, 3.8) is 0 Å². The van der Waals surface area contributed by atoms with E-state index in [4.69, 9.17) is 9.42 Å². The lowest BCUT2D eigenvalue weighted by atomic mass is 10.6. The third-order valence-electron chi connectivity index (χ3n) is 0.798. The van der Waals surface area contributed by atoms with Gasteiger partial charge in [0.1, 0.15) is 0 Å². The Morgan fingerprint density at radius 1 is 1.70 bits per heavy atom. The van der Waals surface area contributed by atoms with Crippen molar-refractivity contribution in [1.29, 1.82) is 0 Å². The number of thiol groups is 1. The smallest absolute Gasteiger partial charge is 0.241 e. The molecule has 0 radical (unpaired) electrons. The summed E-state index contributed by atoms with van der Waals surface area (Å²) < 4.78 is 4.84. The molecule has 0 aliphatic rings. The van der Waals surface area contributed by atoms with E-state index < -0.39 is 5.69 Å². The summed E-state index contributed by atoms with van der Waals surface area (Å²) in [5.41, 5.74) is -2.72. The van der Waals surface area contributed by atoms with Gasteiger partial charge in [0.2, 0.25) is 5.69 Å². The van der Waals surface area contributed by atoms with Gasteiger partial charge in [0.25, 0.3) is 0 Å². The highest BCUT2D eigenvalue weighted by Gasteiger charge is 2.04. The standard InChI is InChI=1S/C4H12NO2PS2/c1-5(2)3-4-7-8(6,9)10/h3-4H2,1-2H3,(H2,6,9,10). The molecular weight excluding hydrogens is 189 g/mol. The van der Waals surface area contributed by atoms with Gasteiger partial charge in [0.15, 0.2) is 0 Å². The van der Waals surface area contributed by atoms with Crippen LogP contribution in [0.2, 0.25) is 0 Å². The number of hydrogen-bond donors (Lipinski definition) is 2. The molecule has 1 N–H and O–H groups in total.